The van der Waals surface area contributed by atoms with Crippen molar-refractivity contribution in [3.05, 3.63) is 98.9 Å². The fourth-order valence-electron chi connectivity index (χ4n) is 3.57. The van der Waals surface area contributed by atoms with E-state index in [1.54, 1.807) is 42.5 Å². The Bertz CT molecular complexity index is 1310. The van der Waals surface area contributed by atoms with E-state index in [2.05, 4.69) is 6.07 Å². The second kappa shape index (κ2) is 9.45. The molecule has 0 bridgehead atoms. The monoisotopic (exact) mass is 480 g/mol. The number of para-hydroxylation sites is 1. The van der Waals surface area contributed by atoms with Crippen LogP contribution in [0.4, 0.5) is 0 Å². The lowest BCUT2D eigenvalue weighted by atomic mass is 9.83. The number of hydrogen-bond acceptors (Lipinski definition) is 6. The molecule has 33 heavy (non-hydrogen) atoms. The number of allylic oxidation sites excluding steroid dienone is 1. The normalized spacial score (nSPS) is 14.7. The third kappa shape index (κ3) is 4.75. The third-order valence-corrected chi connectivity index (χ3v) is 5.70. The Morgan fingerprint density at radius 3 is 2.61 bits per heavy atom. The van der Waals surface area contributed by atoms with E-state index >= 15 is 0 Å². The highest BCUT2D eigenvalue weighted by Gasteiger charge is 2.32. The van der Waals surface area contributed by atoms with E-state index in [0.717, 1.165) is 5.56 Å². The van der Waals surface area contributed by atoms with Crippen LogP contribution in [-0.4, -0.2) is 12.6 Å². The smallest absolute Gasteiger partial charge is 0.349 e. The van der Waals surface area contributed by atoms with E-state index in [1.807, 2.05) is 25.1 Å². The van der Waals surface area contributed by atoms with Crippen LogP contribution in [-0.2, 0) is 4.79 Å². The molecule has 0 saturated heterocycles. The molecule has 0 fully saturated rings. The van der Waals surface area contributed by atoms with E-state index in [-0.39, 0.29) is 23.8 Å². The lowest BCUT2D eigenvalue weighted by Gasteiger charge is -2.27. The van der Waals surface area contributed by atoms with E-state index in [9.17, 15) is 10.1 Å². The number of hydrogen-bond donors (Lipinski definition) is 1. The number of benzene rings is 3. The molecule has 4 rings (SSSR count). The van der Waals surface area contributed by atoms with E-state index in [1.165, 1.54) is 0 Å². The summed E-state index contributed by atoms with van der Waals surface area (Å²) in [5, 5.41) is 10.6. The predicted octanol–water partition coefficient (Wildman–Crippen LogP) is 5.50. The summed E-state index contributed by atoms with van der Waals surface area (Å²) in [7, 11) is 0. The van der Waals surface area contributed by atoms with E-state index in [4.69, 9.17) is 43.1 Å². The number of carbonyl (C=O) groups is 1. The number of nitriles is 1. The Balaban J connectivity index is 1.58. The van der Waals surface area contributed by atoms with Gasteiger partial charge in [-0.1, -0.05) is 53.5 Å². The zero-order valence-electron chi connectivity index (χ0n) is 17.5. The minimum atomic E-state index is -0.576. The molecule has 1 unspecified atom stereocenters. The standard InChI is InChI=1S/C25H18Cl2N2O4/c1-14-4-2-3-5-21(14)31-13-23(30)32-16-7-9-18-22(11-16)33-25(29)19(12-28)24(18)17-8-6-15(26)10-20(17)27/h2-11,24H,13,29H2,1H3. The fourth-order valence-corrected chi connectivity index (χ4v) is 4.09. The largest absolute Gasteiger partial charge is 0.482 e. The van der Waals surface area contributed by atoms with Gasteiger partial charge in [0.2, 0.25) is 5.88 Å². The van der Waals surface area contributed by atoms with E-state index < -0.39 is 11.9 Å². The molecule has 166 valence electrons. The number of ether oxygens (including phenoxy) is 3. The molecule has 8 heteroatoms. The van der Waals surface area contributed by atoms with Crippen molar-refractivity contribution in [2.45, 2.75) is 12.8 Å². The van der Waals surface area contributed by atoms with Gasteiger partial charge in [0.15, 0.2) is 6.61 Å². The Kier molecular flexibility index (Phi) is 6.45. The maximum absolute atomic E-state index is 12.3. The SMILES string of the molecule is Cc1ccccc1OCC(=O)Oc1ccc2c(c1)OC(N)=C(C#N)C2c1ccc(Cl)cc1Cl. The average Bonchev–Trinajstić information content (AvgIpc) is 2.78. The lowest BCUT2D eigenvalue weighted by molar-refractivity contribution is -0.136. The van der Waals surface area contributed by atoms with Crippen LogP contribution in [0.1, 0.15) is 22.6 Å². The molecule has 3 aromatic carbocycles. The summed E-state index contributed by atoms with van der Waals surface area (Å²) in [6, 6.07) is 19.4. The van der Waals surface area contributed by atoms with Gasteiger partial charge in [-0.2, -0.15) is 5.26 Å². The van der Waals surface area contributed by atoms with Crippen LogP contribution < -0.4 is 19.9 Å². The molecule has 0 aliphatic carbocycles. The number of nitrogens with zero attached hydrogens (tertiary/aromatic N) is 1. The third-order valence-electron chi connectivity index (χ3n) is 5.13. The molecule has 0 saturated carbocycles. The molecule has 3 aromatic rings. The number of nitrogens with two attached hydrogens (primary N) is 1. The first kappa shape index (κ1) is 22.5. The van der Waals surface area contributed by atoms with Gasteiger partial charge in [0, 0.05) is 21.7 Å². The van der Waals surface area contributed by atoms with Gasteiger partial charge >= 0.3 is 5.97 Å². The predicted molar refractivity (Wildman–Crippen MR) is 125 cm³/mol. The molecular formula is C25H18Cl2N2O4. The number of esters is 1. The quantitative estimate of drug-likeness (QED) is 0.382. The van der Waals surface area contributed by atoms with Crippen molar-refractivity contribution in [1.29, 1.82) is 5.26 Å². The Morgan fingerprint density at radius 1 is 1.12 bits per heavy atom. The first-order valence-electron chi connectivity index (χ1n) is 9.93. The van der Waals surface area contributed by atoms with Crippen molar-refractivity contribution in [3.8, 4) is 23.3 Å². The molecule has 1 heterocycles. The number of fused-ring (bicyclic) bond motifs is 1. The van der Waals surface area contributed by atoms with Crippen molar-refractivity contribution in [1.82, 2.24) is 0 Å². The highest BCUT2D eigenvalue weighted by molar-refractivity contribution is 6.35. The molecule has 0 amide bonds. The Labute approximate surface area is 200 Å². The number of rotatable bonds is 5. The van der Waals surface area contributed by atoms with Crippen LogP contribution in [0.5, 0.6) is 17.2 Å². The maximum Gasteiger partial charge on any atom is 0.349 e. The van der Waals surface area contributed by atoms with Gasteiger partial charge in [-0.05, 0) is 42.3 Å². The molecule has 1 aliphatic rings. The van der Waals surface area contributed by atoms with Gasteiger partial charge in [-0.3, -0.25) is 0 Å². The van der Waals surface area contributed by atoms with Crippen LogP contribution in [0, 0.1) is 18.3 Å². The summed E-state index contributed by atoms with van der Waals surface area (Å²) in [4.78, 5) is 12.3. The first-order chi connectivity index (χ1) is 15.9. The molecule has 0 radical (unpaired) electrons. The second-order valence-electron chi connectivity index (χ2n) is 7.32. The summed E-state index contributed by atoms with van der Waals surface area (Å²) >= 11 is 12.4. The molecular weight excluding hydrogens is 463 g/mol. The van der Waals surface area contributed by atoms with Gasteiger partial charge in [0.25, 0.3) is 0 Å². The number of halogens is 2. The van der Waals surface area contributed by atoms with Crippen LogP contribution in [0.25, 0.3) is 0 Å². The minimum Gasteiger partial charge on any atom is -0.482 e. The fraction of sp³-hybridized carbons (Fsp3) is 0.120. The van der Waals surface area contributed by atoms with Crippen LogP contribution in [0.2, 0.25) is 10.0 Å². The van der Waals surface area contributed by atoms with Gasteiger partial charge in [0.1, 0.15) is 28.9 Å². The van der Waals surface area contributed by atoms with Crippen molar-refractivity contribution < 1.29 is 19.0 Å². The van der Waals surface area contributed by atoms with Crippen LogP contribution >= 0.6 is 23.2 Å². The summed E-state index contributed by atoms with van der Waals surface area (Å²) in [6.07, 6.45) is 0. The molecule has 1 aliphatic heterocycles. The van der Waals surface area contributed by atoms with Crippen molar-refractivity contribution in [2.75, 3.05) is 6.61 Å². The highest BCUT2D eigenvalue weighted by Crippen LogP contribution is 2.45. The number of aryl methyl sites for hydroxylation is 1. The number of carbonyl (C=O) groups excluding carboxylic acids is 1. The van der Waals surface area contributed by atoms with Gasteiger partial charge in [-0.25, -0.2) is 4.79 Å². The van der Waals surface area contributed by atoms with Gasteiger partial charge < -0.3 is 19.9 Å². The van der Waals surface area contributed by atoms with Crippen LogP contribution in [0.15, 0.2) is 72.1 Å². The van der Waals surface area contributed by atoms with Crippen molar-refractivity contribution >= 4 is 29.2 Å². The van der Waals surface area contributed by atoms with Crippen molar-refractivity contribution in [2.24, 2.45) is 5.73 Å². The molecule has 0 aromatic heterocycles. The Hall–Kier alpha value is -3.66. The van der Waals surface area contributed by atoms with Crippen LogP contribution in [0.3, 0.4) is 0 Å². The molecule has 6 nitrogen and oxygen atoms in total. The molecule has 2 N–H and O–H groups in total. The van der Waals surface area contributed by atoms with E-state index in [0.29, 0.717) is 32.7 Å². The average molecular weight is 481 g/mol. The molecule has 1 atom stereocenters. The summed E-state index contributed by atoms with van der Waals surface area (Å²) in [6.45, 7) is 1.63. The second-order valence-corrected chi connectivity index (χ2v) is 8.16. The topological polar surface area (TPSA) is 94.6 Å². The summed E-state index contributed by atoms with van der Waals surface area (Å²) < 4.78 is 16.6. The van der Waals surface area contributed by atoms with Gasteiger partial charge in [0.05, 0.1) is 5.92 Å². The first-order valence-corrected chi connectivity index (χ1v) is 10.7. The van der Waals surface area contributed by atoms with Gasteiger partial charge in [-0.15, -0.1) is 0 Å². The summed E-state index contributed by atoms with van der Waals surface area (Å²) in [5.41, 5.74) is 8.47. The molecule has 0 spiro atoms. The van der Waals surface area contributed by atoms with Crippen molar-refractivity contribution in [3.63, 3.8) is 0 Å². The lowest BCUT2D eigenvalue weighted by Crippen LogP contribution is -2.22. The zero-order valence-corrected chi connectivity index (χ0v) is 19.0. The minimum absolute atomic E-state index is 0.0487. The summed E-state index contributed by atoms with van der Waals surface area (Å²) in [5.74, 6) is 0.0272. The Morgan fingerprint density at radius 2 is 1.88 bits per heavy atom. The maximum atomic E-state index is 12.3. The highest BCUT2D eigenvalue weighted by atomic mass is 35.5. The zero-order chi connectivity index (χ0) is 23.5.